The lowest BCUT2D eigenvalue weighted by molar-refractivity contribution is 0.0689. The first-order valence-corrected chi connectivity index (χ1v) is 5.38. The molecule has 0 aromatic carbocycles. The Kier molecular flexibility index (Phi) is 3.97. The van der Waals surface area contributed by atoms with E-state index in [4.69, 9.17) is 10.2 Å². The van der Waals surface area contributed by atoms with Gasteiger partial charge in [0.05, 0.1) is 5.69 Å². The molecule has 0 atom stereocenters. The molecule has 0 aliphatic rings. The molecule has 0 fully saturated rings. The Morgan fingerprint density at radius 3 is 2.86 bits per heavy atom. The molecule has 0 bridgehead atoms. The van der Waals surface area contributed by atoms with Gasteiger partial charge >= 0.3 is 5.97 Å². The summed E-state index contributed by atoms with van der Waals surface area (Å²) in [6.45, 7) is 0.0483. The molecule has 0 amide bonds. The summed E-state index contributed by atoms with van der Waals surface area (Å²) in [5, 5.41) is 18.0. The molecular formula is C8H12N2O3S. The van der Waals surface area contributed by atoms with Crippen molar-refractivity contribution in [3.63, 3.8) is 0 Å². The predicted molar refractivity (Wildman–Crippen MR) is 52.7 cm³/mol. The molecule has 0 saturated heterocycles. The summed E-state index contributed by atoms with van der Waals surface area (Å²) in [5.74, 6) is -1.03. The van der Waals surface area contributed by atoms with Gasteiger partial charge in [-0.3, -0.25) is 0 Å². The fourth-order valence-corrected chi connectivity index (χ4v) is 1.50. The first-order chi connectivity index (χ1) is 6.69. The number of carbonyl (C=O) groups is 1. The van der Waals surface area contributed by atoms with Crippen LogP contribution in [0.15, 0.2) is 5.16 Å². The van der Waals surface area contributed by atoms with Crippen LogP contribution in [0.4, 0.5) is 0 Å². The van der Waals surface area contributed by atoms with Crippen LogP contribution >= 0.6 is 11.8 Å². The number of aromatic amines is 1. The normalized spacial score (nSPS) is 10.4. The molecule has 14 heavy (non-hydrogen) atoms. The van der Waals surface area contributed by atoms with E-state index in [1.165, 1.54) is 11.8 Å². The van der Waals surface area contributed by atoms with Crippen LogP contribution in [0.2, 0.25) is 0 Å². The number of hydrogen-bond acceptors (Lipinski definition) is 4. The van der Waals surface area contributed by atoms with Crippen molar-refractivity contribution in [2.24, 2.45) is 0 Å². The van der Waals surface area contributed by atoms with E-state index in [0.717, 1.165) is 0 Å². The Balaban J connectivity index is 2.88. The van der Waals surface area contributed by atoms with Crippen molar-refractivity contribution < 1.29 is 15.0 Å². The number of nitrogens with one attached hydrogen (secondary N) is 1. The number of aromatic nitrogens is 2. The number of thioether (sulfide) groups is 1. The van der Waals surface area contributed by atoms with E-state index in [9.17, 15) is 4.79 Å². The average Bonchev–Trinajstić information content (AvgIpc) is 2.58. The second-order valence-corrected chi connectivity index (χ2v) is 3.50. The Labute approximate surface area is 85.6 Å². The number of aliphatic hydroxyl groups excluding tert-OH is 1. The Morgan fingerprint density at radius 2 is 2.36 bits per heavy atom. The molecule has 6 heteroatoms. The van der Waals surface area contributed by atoms with E-state index < -0.39 is 5.97 Å². The maximum atomic E-state index is 10.8. The quantitative estimate of drug-likeness (QED) is 0.632. The van der Waals surface area contributed by atoms with Gasteiger partial charge in [-0.25, -0.2) is 9.78 Å². The number of carboxylic acid groups (broad SMARTS) is 1. The van der Waals surface area contributed by atoms with Gasteiger partial charge in [-0.2, -0.15) is 0 Å². The third kappa shape index (κ3) is 2.49. The smallest absolute Gasteiger partial charge is 0.356 e. The van der Waals surface area contributed by atoms with Crippen LogP contribution in [0.3, 0.4) is 0 Å². The minimum Gasteiger partial charge on any atom is -0.476 e. The van der Waals surface area contributed by atoms with Crippen LogP contribution in [0, 0.1) is 0 Å². The molecule has 1 heterocycles. The van der Waals surface area contributed by atoms with Gasteiger partial charge < -0.3 is 15.2 Å². The summed E-state index contributed by atoms with van der Waals surface area (Å²) in [5.41, 5.74) is 0.638. The third-order valence-corrected chi connectivity index (χ3v) is 2.32. The molecule has 1 aromatic heterocycles. The molecule has 0 spiro atoms. The van der Waals surface area contributed by atoms with Crippen molar-refractivity contribution in [1.82, 2.24) is 9.97 Å². The largest absolute Gasteiger partial charge is 0.476 e. The van der Waals surface area contributed by atoms with Crippen LogP contribution in [-0.4, -0.2) is 39.0 Å². The van der Waals surface area contributed by atoms with Crippen molar-refractivity contribution >= 4 is 17.7 Å². The number of nitrogens with zero attached hydrogens (tertiary/aromatic N) is 1. The second-order valence-electron chi connectivity index (χ2n) is 2.71. The minimum atomic E-state index is -1.03. The van der Waals surface area contributed by atoms with Crippen LogP contribution in [0.25, 0.3) is 0 Å². The molecule has 1 aromatic rings. The number of aliphatic hydroxyl groups is 1. The van der Waals surface area contributed by atoms with E-state index in [1.807, 2.05) is 6.26 Å². The number of imidazole rings is 1. The number of H-pyrrole nitrogens is 1. The van der Waals surface area contributed by atoms with Gasteiger partial charge in [0.2, 0.25) is 0 Å². The highest BCUT2D eigenvalue weighted by Crippen LogP contribution is 2.15. The van der Waals surface area contributed by atoms with E-state index in [-0.39, 0.29) is 12.3 Å². The van der Waals surface area contributed by atoms with Crippen molar-refractivity contribution in [3.05, 3.63) is 11.4 Å². The molecule has 0 unspecified atom stereocenters. The third-order valence-electron chi connectivity index (χ3n) is 1.74. The Hall–Kier alpha value is -1.01. The van der Waals surface area contributed by atoms with Crippen LogP contribution in [-0.2, 0) is 6.42 Å². The van der Waals surface area contributed by atoms with Crippen molar-refractivity contribution in [2.45, 2.75) is 18.0 Å². The molecule has 0 radical (unpaired) electrons. The summed E-state index contributed by atoms with van der Waals surface area (Å²) in [7, 11) is 0. The summed E-state index contributed by atoms with van der Waals surface area (Å²) in [6.07, 6.45) is 2.86. The molecule has 0 aliphatic carbocycles. The second kappa shape index (κ2) is 5.02. The summed E-state index contributed by atoms with van der Waals surface area (Å²) >= 11 is 1.36. The highest BCUT2D eigenvalue weighted by molar-refractivity contribution is 7.98. The zero-order valence-corrected chi connectivity index (χ0v) is 8.60. The molecule has 1 rings (SSSR count). The van der Waals surface area contributed by atoms with E-state index in [1.54, 1.807) is 0 Å². The molecular weight excluding hydrogens is 204 g/mol. The lowest BCUT2D eigenvalue weighted by Crippen LogP contribution is -2.02. The van der Waals surface area contributed by atoms with Gasteiger partial charge in [-0.15, -0.1) is 0 Å². The maximum Gasteiger partial charge on any atom is 0.356 e. The van der Waals surface area contributed by atoms with Crippen LogP contribution in [0.1, 0.15) is 22.6 Å². The van der Waals surface area contributed by atoms with Gasteiger partial charge in [0.25, 0.3) is 0 Å². The average molecular weight is 216 g/mol. The number of rotatable bonds is 5. The number of aromatic carboxylic acids is 1. The topological polar surface area (TPSA) is 86.2 Å². The van der Waals surface area contributed by atoms with Gasteiger partial charge in [0.15, 0.2) is 10.9 Å². The number of aryl methyl sites for hydroxylation is 1. The standard InChI is InChI=1S/C8H12N2O3S/c1-14-8-9-5(3-2-4-11)6(10-8)7(12)13/h11H,2-4H2,1H3,(H,9,10)(H,12,13). The lowest BCUT2D eigenvalue weighted by atomic mass is 10.2. The fourth-order valence-electron chi connectivity index (χ4n) is 1.10. The molecule has 3 N–H and O–H groups in total. The monoisotopic (exact) mass is 216 g/mol. The zero-order chi connectivity index (χ0) is 10.6. The van der Waals surface area contributed by atoms with E-state index >= 15 is 0 Å². The fraction of sp³-hybridized carbons (Fsp3) is 0.500. The SMILES string of the molecule is CSc1nc(C(=O)O)c(CCCO)[nH]1. The van der Waals surface area contributed by atoms with Gasteiger partial charge in [0, 0.05) is 6.61 Å². The summed E-state index contributed by atoms with van der Waals surface area (Å²) < 4.78 is 0. The van der Waals surface area contributed by atoms with E-state index in [0.29, 0.717) is 23.7 Å². The van der Waals surface area contributed by atoms with Crippen molar-refractivity contribution in [1.29, 1.82) is 0 Å². The Bertz CT molecular complexity index is 324. The Morgan fingerprint density at radius 1 is 1.64 bits per heavy atom. The van der Waals surface area contributed by atoms with E-state index in [2.05, 4.69) is 9.97 Å². The van der Waals surface area contributed by atoms with Gasteiger partial charge in [0.1, 0.15) is 0 Å². The zero-order valence-electron chi connectivity index (χ0n) is 7.78. The summed E-state index contributed by atoms with van der Waals surface area (Å²) in [6, 6.07) is 0. The molecule has 0 saturated carbocycles. The highest BCUT2D eigenvalue weighted by atomic mass is 32.2. The lowest BCUT2D eigenvalue weighted by Gasteiger charge is -1.95. The first kappa shape index (κ1) is 11.1. The van der Waals surface area contributed by atoms with Gasteiger partial charge in [-0.05, 0) is 19.1 Å². The van der Waals surface area contributed by atoms with Crippen LogP contribution in [0.5, 0.6) is 0 Å². The minimum absolute atomic E-state index is 0.0483. The summed E-state index contributed by atoms with van der Waals surface area (Å²) in [4.78, 5) is 17.6. The predicted octanol–water partition coefficient (Wildman–Crippen LogP) is 0.755. The van der Waals surface area contributed by atoms with Crippen molar-refractivity contribution in [3.8, 4) is 0 Å². The number of carboxylic acids is 1. The maximum absolute atomic E-state index is 10.8. The van der Waals surface area contributed by atoms with Crippen LogP contribution < -0.4 is 0 Å². The molecule has 0 aliphatic heterocycles. The highest BCUT2D eigenvalue weighted by Gasteiger charge is 2.15. The van der Waals surface area contributed by atoms with Crippen molar-refractivity contribution in [2.75, 3.05) is 12.9 Å². The number of hydrogen-bond donors (Lipinski definition) is 3. The first-order valence-electron chi connectivity index (χ1n) is 4.16. The molecule has 78 valence electrons. The molecule has 5 nitrogen and oxygen atoms in total. The van der Waals surface area contributed by atoms with Gasteiger partial charge in [-0.1, -0.05) is 11.8 Å².